The molecule has 2 unspecified atom stereocenters. The SMILES string of the molecule is Cc1cc(OCC(=O)N2C3CCC2COC3)cc(=O)n1[C@H](C)c1ccc(C#CC2CC2)cc1. The third kappa shape index (κ3) is 4.69. The minimum absolute atomic E-state index is 0.0362. The highest BCUT2D eigenvalue weighted by atomic mass is 16.5. The average molecular weight is 447 g/mol. The summed E-state index contributed by atoms with van der Waals surface area (Å²) in [6.45, 7) is 5.04. The Morgan fingerprint density at radius 2 is 1.82 bits per heavy atom. The van der Waals surface area contributed by atoms with Gasteiger partial charge in [-0.05, 0) is 63.3 Å². The number of rotatable bonds is 5. The van der Waals surface area contributed by atoms with Crippen molar-refractivity contribution >= 4 is 5.91 Å². The summed E-state index contributed by atoms with van der Waals surface area (Å²) in [5, 5.41) is 0. The van der Waals surface area contributed by atoms with Gasteiger partial charge in [-0.15, -0.1) is 0 Å². The molecule has 6 nitrogen and oxygen atoms in total. The van der Waals surface area contributed by atoms with E-state index >= 15 is 0 Å². The highest BCUT2D eigenvalue weighted by Gasteiger charge is 2.40. The average Bonchev–Trinajstić information content (AvgIpc) is 3.60. The molecule has 6 heteroatoms. The quantitative estimate of drug-likeness (QED) is 0.662. The monoisotopic (exact) mass is 446 g/mol. The third-order valence-corrected chi connectivity index (χ3v) is 6.90. The summed E-state index contributed by atoms with van der Waals surface area (Å²) in [5.74, 6) is 7.47. The minimum Gasteiger partial charge on any atom is -0.484 e. The first-order chi connectivity index (χ1) is 16.0. The van der Waals surface area contributed by atoms with Crippen LogP contribution >= 0.6 is 0 Å². The Hall–Kier alpha value is -3.04. The van der Waals surface area contributed by atoms with Gasteiger partial charge in [-0.25, -0.2) is 0 Å². The van der Waals surface area contributed by atoms with Gasteiger partial charge in [0, 0.05) is 23.2 Å². The number of hydrogen-bond acceptors (Lipinski definition) is 4. The number of hydrogen-bond donors (Lipinski definition) is 0. The molecule has 2 aliphatic heterocycles. The van der Waals surface area contributed by atoms with Gasteiger partial charge in [0.15, 0.2) is 6.61 Å². The van der Waals surface area contributed by atoms with Crippen molar-refractivity contribution in [2.45, 2.75) is 57.7 Å². The van der Waals surface area contributed by atoms with Crippen LogP contribution in [0.5, 0.6) is 5.75 Å². The lowest BCUT2D eigenvalue weighted by molar-refractivity contribution is -0.143. The van der Waals surface area contributed by atoms with Gasteiger partial charge < -0.3 is 18.9 Å². The van der Waals surface area contributed by atoms with Crippen LogP contribution in [0, 0.1) is 24.7 Å². The van der Waals surface area contributed by atoms with Crippen LogP contribution in [0.4, 0.5) is 0 Å². The van der Waals surface area contributed by atoms with Gasteiger partial charge in [0.25, 0.3) is 11.5 Å². The Morgan fingerprint density at radius 3 is 2.45 bits per heavy atom. The molecule has 3 atom stereocenters. The van der Waals surface area contributed by atoms with E-state index in [0.29, 0.717) is 24.9 Å². The Bertz CT molecular complexity index is 1140. The van der Waals surface area contributed by atoms with E-state index in [1.807, 2.05) is 49.1 Å². The van der Waals surface area contributed by atoms with Crippen LogP contribution < -0.4 is 10.3 Å². The molecule has 0 N–H and O–H groups in total. The molecule has 1 aromatic heterocycles. The lowest BCUT2D eigenvalue weighted by atomic mass is 10.1. The fraction of sp³-hybridized carbons (Fsp3) is 0.481. The van der Waals surface area contributed by atoms with Crippen LogP contribution in [0.2, 0.25) is 0 Å². The van der Waals surface area contributed by atoms with E-state index in [2.05, 4.69) is 11.8 Å². The molecule has 1 aromatic carbocycles. The highest BCUT2D eigenvalue weighted by Crippen LogP contribution is 2.29. The molecule has 2 saturated heterocycles. The number of pyridine rings is 1. The number of carbonyl (C=O) groups is 1. The molecule has 2 bridgehead atoms. The first kappa shape index (κ1) is 21.8. The lowest BCUT2D eigenvalue weighted by Gasteiger charge is -2.34. The predicted octanol–water partition coefficient (Wildman–Crippen LogP) is 3.30. The first-order valence-corrected chi connectivity index (χ1v) is 11.9. The summed E-state index contributed by atoms with van der Waals surface area (Å²) >= 11 is 0. The number of nitrogens with zero attached hydrogens (tertiary/aromatic N) is 2. The molecule has 33 heavy (non-hydrogen) atoms. The minimum atomic E-state index is -0.144. The number of ether oxygens (including phenoxy) is 2. The van der Waals surface area contributed by atoms with E-state index in [0.717, 1.165) is 29.7 Å². The summed E-state index contributed by atoms with van der Waals surface area (Å²) in [6.07, 6.45) is 4.40. The van der Waals surface area contributed by atoms with Crippen LogP contribution in [0.3, 0.4) is 0 Å². The van der Waals surface area contributed by atoms with Gasteiger partial charge in [-0.3, -0.25) is 9.59 Å². The normalized spacial score (nSPS) is 22.4. The standard InChI is InChI=1S/C27H30N2O4/c1-18-13-25(33-17-27(31)29-23-11-12-24(29)16-32-15-23)14-26(30)28(18)19(2)22-9-7-21(8-10-22)6-5-20-3-4-20/h7-10,13-14,19-20,23-24H,3-4,11-12,15-17H2,1-2H3/t19-,23?,24?/m1/s1. The zero-order chi connectivity index (χ0) is 22.9. The Labute approximate surface area is 194 Å². The number of benzene rings is 1. The molecule has 0 spiro atoms. The van der Waals surface area contributed by atoms with E-state index in [1.54, 1.807) is 4.57 Å². The van der Waals surface area contributed by atoms with Gasteiger partial charge in [-0.1, -0.05) is 24.0 Å². The molecule has 3 fully saturated rings. The Kier molecular flexibility index (Phi) is 5.99. The zero-order valence-corrected chi connectivity index (χ0v) is 19.3. The largest absolute Gasteiger partial charge is 0.484 e. The Morgan fingerprint density at radius 1 is 1.12 bits per heavy atom. The molecular weight excluding hydrogens is 416 g/mol. The second kappa shape index (κ2) is 9.07. The van der Waals surface area contributed by atoms with Crippen molar-refractivity contribution in [1.29, 1.82) is 0 Å². The third-order valence-electron chi connectivity index (χ3n) is 6.90. The van der Waals surface area contributed by atoms with Crippen molar-refractivity contribution in [3.8, 4) is 17.6 Å². The second-order valence-corrected chi connectivity index (χ2v) is 9.39. The van der Waals surface area contributed by atoms with E-state index in [-0.39, 0.29) is 36.2 Å². The smallest absolute Gasteiger partial charge is 0.261 e. The summed E-state index contributed by atoms with van der Waals surface area (Å²) in [7, 11) is 0. The summed E-state index contributed by atoms with van der Waals surface area (Å²) < 4.78 is 13.1. The maximum atomic E-state index is 12.9. The number of amides is 1. The number of carbonyl (C=O) groups excluding carboxylic acids is 1. The molecule has 1 amide bonds. The molecule has 5 rings (SSSR count). The van der Waals surface area contributed by atoms with Crippen molar-refractivity contribution in [3.63, 3.8) is 0 Å². The molecule has 0 radical (unpaired) electrons. The fourth-order valence-electron chi connectivity index (χ4n) is 4.92. The van der Waals surface area contributed by atoms with Crippen LogP contribution in [-0.2, 0) is 9.53 Å². The maximum absolute atomic E-state index is 12.9. The van der Waals surface area contributed by atoms with Crippen molar-refractivity contribution in [2.75, 3.05) is 19.8 Å². The van der Waals surface area contributed by atoms with Crippen molar-refractivity contribution in [1.82, 2.24) is 9.47 Å². The van der Waals surface area contributed by atoms with E-state index in [1.165, 1.54) is 18.9 Å². The van der Waals surface area contributed by atoms with Gasteiger partial charge in [-0.2, -0.15) is 0 Å². The topological polar surface area (TPSA) is 60.8 Å². The van der Waals surface area contributed by atoms with Crippen molar-refractivity contribution in [3.05, 3.63) is 63.6 Å². The Balaban J connectivity index is 1.26. The van der Waals surface area contributed by atoms with Crippen LogP contribution in [0.1, 0.15) is 55.5 Å². The van der Waals surface area contributed by atoms with Crippen LogP contribution in [0.25, 0.3) is 0 Å². The zero-order valence-electron chi connectivity index (χ0n) is 19.3. The van der Waals surface area contributed by atoms with E-state index in [4.69, 9.17) is 9.47 Å². The molecule has 1 aliphatic carbocycles. The first-order valence-electron chi connectivity index (χ1n) is 11.9. The van der Waals surface area contributed by atoms with Crippen LogP contribution in [0.15, 0.2) is 41.2 Å². The fourth-order valence-corrected chi connectivity index (χ4v) is 4.92. The summed E-state index contributed by atoms with van der Waals surface area (Å²) in [4.78, 5) is 27.6. The molecule has 3 aliphatic rings. The van der Waals surface area contributed by atoms with Crippen molar-refractivity contribution in [2.24, 2.45) is 5.92 Å². The van der Waals surface area contributed by atoms with Crippen molar-refractivity contribution < 1.29 is 14.3 Å². The molecule has 3 heterocycles. The number of aromatic nitrogens is 1. The van der Waals surface area contributed by atoms with Gasteiger partial charge in [0.05, 0.1) is 31.3 Å². The second-order valence-electron chi connectivity index (χ2n) is 9.39. The van der Waals surface area contributed by atoms with E-state index < -0.39 is 0 Å². The van der Waals surface area contributed by atoms with Gasteiger partial charge in [0.1, 0.15) is 5.75 Å². The maximum Gasteiger partial charge on any atom is 0.261 e. The van der Waals surface area contributed by atoms with Gasteiger partial charge in [0.2, 0.25) is 0 Å². The summed E-state index contributed by atoms with van der Waals surface area (Å²) in [5.41, 5.74) is 2.70. The number of fused-ring (bicyclic) bond motifs is 2. The molecule has 2 aromatic rings. The van der Waals surface area contributed by atoms with Gasteiger partial charge >= 0.3 is 0 Å². The molecule has 1 saturated carbocycles. The molecule has 172 valence electrons. The number of aryl methyl sites for hydroxylation is 1. The van der Waals surface area contributed by atoms with Crippen LogP contribution in [-0.4, -0.2) is 47.3 Å². The van der Waals surface area contributed by atoms with E-state index in [9.17, 15) is 9.59 Å². The number of morpholine rings is 1. The molecular formula is C27H30N2O4. The predicted molar refractivity (Wildman–Crippen MR) is 125 cm³/mol. The lowest BCUT2D eigenvalue weighted by Crippen LogP contribution is -2.50. The highest BCUT2D eigenvalue weighted by molar-refractivity contribution is 5.79. The summed E-state index contributed by atoms with van der Waals surface area (Å²) in [6, 6.07) is 11.6.